The summed E-state index contributed by atoms with van der Waals surface area (Å²) in [5.74, 6) is 0. The average Bonchev–Trinajstić information content (AvgIpc) is 2.05. The SMILES string of the molecule is CCC1=CC=CC(P)(CC)C1. The molecule has 0 N–H and O–H groups in total. The number of hydrogen-bond acceptors (Lipinski definition) is 0. The molecule has 0 saturated carbocycles. The minimum atomic E-state index is 0.361. The Bertz CT molecular complexity index is 191. The standard InChI is InChI=1S/C10H17P/c1-3-9-6-5-7-10(11,4-2)8-9/h5-7H,3-4,8,11H2,1-2H3. The average molecular weight is 168 g/mol. The Balaban J connectivity index is 2.68. The van der Waals surface area contributed by atoms with Gasteiger partial charge in [-0.05, 0) is 19.3 Å². The molecule has 0 aromatic carbocycles. The molecule has 1 heteroatoms. The van der Waals surface area contributed by atoms with Crippen molar-refractivity contribution in [2.75, 3.05) is 0 Å². The molecule has 0 heterocycles. The van der Waals surface area contributed by atoms with E-state index in [1.807, 2.05) is 0 Å². The molecular weight excluding hydrogens is 151 g/mol. The van der Waals surface area contributed by atoms with Crippen molar-refractivity contribution in [1.29, 1.82) is 0 Å². The van der Waals surface area contributed by atoms with Gasteiger partial charge in [0.05, 0.1) is 0 Å². The second-order valence-corrected chi connectivity index (χ2v) is 4.45. The van der Waals surface area contributed by atoms with Crippen molar-refractivity contribution < 1.29 is 0 Å². The number of allylic oxidation sites excluding steroid dienone is 4. The molecule has 0 saturated heterocycles. The molecule has 11 heavy (non-hydrogen) atoms. The Hall–Kier alpha value is -0.0900. The van der Waals surface area contributed by atoms with Crippen molar-refractivity contribution in [3.63, 3.8) is 0 Å². The topological polar surface area (TPSA) is 0 Å². The summed E-state index contributed by atoms with van der Waals surface area (Å²) in [5.41, 5.74) is 1.57. The quantitative estimate of drug-likeness (QED) is 0.555. The Labute approximate surface area is 72.0 Å². The molecule has 1 aliphatic carbocycles. The summed E-state index contributed by atoms with van der Waals surface area (Å²) in [4.78, 5) is 0. The van der Waals surface area contributed by atoms with Crippen LogP contribution in [-0.2, 0) is 0 Å². The van der Waals surface area contributed by atoms with Crippen molar-refractivity contribution in [1.82, 2.24) is 0 Å². The normalized spacial score (nSPS) is 30.3. The van der Waals surface area contributed by atoms with E-state index in [1.54, 1.807) is 5.57 Å². The maximum atomic E-state index is 2.97. The molecule has 1 rings (SSSR count). The van der Waals surface area contributed by atoms with Crippen molar-refractivity contribution in [3.8, 4) is 0 Å². The highest BCUT2D eigenvalue weighted by Crippen LogP contribution is 2.35. The summed E-state index contributed by atoms with van der Waals surface area (Å²) >= 11 is 0. The van der Waals surface area contributed by atoms with Crippen LogP contribution in [0.2, 0.25) is 0 Å². The fourth-order valence-electron chi connectivity index (χ4n) is 1.40. The molecule has 0 spiro atoms. The molecule has 2 unspecified atom stereocenters. The second-order valence-electron chi connectivity index (χ2n) is 3.30. The molecule has 0 aromatic heterocycles. The van der Waals surface area contributed by atoms with Gasteiger partial charge in [0.2, 0.25) is 0 Å². The molecule has 1 aliphatic rings. The largest absolute Gasteiger partial charge is 0.127 e. The Morgan fingerprint density at radius 1 is 1.55 bits per heavy atom. The zero-order valence-electron chi connectivity index (χ0n) is 7.43. The minimum Gasteiger partial charge on any atom is -0.127 e. The lowest BCUT2D eigenvalue weighted by molar-refractivity contribution is 0.655. The third kappa shape index (κ3) is 2.17. The molecule has 0 aliphatic heterocycles. The van der Waals surface area contributed by atoms with Gasteiger partial charge in [-0.15, -0.1) is 9.24 Å². The van der Waals surface area contributed by atoms with E-state index in [-0.39, 0.29) is 0 Å². The zero-order chi connectivity index (χ0) is 8.32. The van der Waals surface area contributed by atoms with E-state index in [9.17, 15) is 0 Å². The molecule has 0 fully saturated rings. The summed E-state index contributed by atoms with van der Waals surface area (Å²) in [5, 5.41) is 0.361. The number of rotatable bonds is 2. The Kier molecular flexibility index (Phi) is 2.90. The summed E-state index contributed by atoms with van der Waals surface area (Å²) < 4.78 is 0. The van der Waals surface area contributed by atoms with E-state index in [0.717, 1.165) is 0 Å². The third-order valence-electron chi connectivity index (χ3n) is 2.43. The first-order valence-electron chi connectivity index (χ1n) is 4.36. The lowest BCUT2D eigenvalue weighted by Gasteiger charge is -2.27. The lowest BCUT2D eigenvalue weighted by Crippen LogP contribution is -2.18. The van der Waals surface area contributed by atoms with Crippen LogP contribution in [0.1, 0.15) is 33.1 Å². The molecule has 0 radical (unpaired) electrons. The van der Waals surface area contributed by atoms with Crippen LogP contribution in [0.5, 0.6) is 0 Å². The van der Waals surface area contributed by atoms with Crippen LogP contribution in [0.4, 0.5) is 0 Å². The highest BCUT2D eigenvalue weighted by molar-refractivity contribution is 7.19. The van der Waals surface area contributed by atoms with Gasteiger partial charge in [-0.3, -0.25) is 0 Å². The van der Waals surface area contributed by atoms with Gasteiger partial charge in [0, 0.05) is 5.16 Å². The Morgan fingerprint density at radius 3 is 2.82 bits per heavy atom. The van der Waals surface area contributed by atoms with E-state index in [0.29, 0.717) is 5.16 Å². The molecule has 0 aromatic rings. The maximum absolute atomic E-state index is 2.97. The maximum Gasteiger partial charge on any atom is 0.00645 e. The van der Waals surface area contributed by atoms with Gasteiger partial charge in [-0.25, -0.2) is 0 Å². The van der Waals surface area contributed by atoms with Gasteiger partial charge in [0.1, 0.15) is 0 Å². The highest BCUT2D eigenvalue weighted by atomic mass is 31.0. The van der Waals surface area contributed by atoms with Crippen LogP contribution in [0.15, 0.2) is 23.8 Å². The van der Waals surface area contributed by atoms with Crippen molar-refractivity contribution in [2.24, 2.45) is 0 Å². The minimum absolute atomic E-state index is 0.361. The van der Waals surface area contributed by atoms with E-state index in [4.69, 9.17) is 0 Å². The van der Waals surface area contributed by atoms with E-state index < -0.39 is 0 Å². The zero-order valence-corrected chi connectivity index (χ0v) is 8.59. The fraction of sp³-hybridized carbons (Fsp3) is 0.600. The first-order valence-corrected chi connectivity index (χ1v) is 4.94. The van der Waals surface area contributed by atoms with Crippen LogP contribution in [0, 0.1) is 0 Å². The predicted octanol–water partition coefficient (Wildman–Crippen LogP) is 3.31. The van der Waals surface area contributed by atoms with Crippen molar-refractivity contribution in [2.45, 2.75) is 38.3 Å². The Morgan fingerprint density at radius 2 is 2.27 bits per heavy atom. The predicted molar refractivity (Wildman–Crippen MR) is 54.9 cm³/mol. The second kappa shape index (κ2) is 3.54. The molecule has 2 atom stereocenters. The monoisotopic (exact) mass is 168 g/mol. The summed E-state index contributed by atoms with van der Waals surface area (Å²) in [6.07, 6.45) is 10.4. The third-order valence-corrected chi connectivity index (χ3v) is 3.23. The van der Waals surface area contributed by atoms with Crippen LogP contribution < -0.4 is 0 Å². The first-order chi connectivity index (χ1) is 5.20. The van der Waals surface area contributed by atoms with Gasteiger partial charge >= 0.3 is 0 Å². The number of hydrogen-bond donors (Lipinski definition) is 0. The first kappa shape index (κ1) is 9.00. The van der Waals surface area contributed by atoms with Crippen molar-refractivity contribution >= 4 is 9.24 Å². The molecule has 0 bridgehead atoms. The van der Waals surface area contributed by atoms with Crippen LogP contribution in [0.25, 0.3) is 0 Å². The molecule has 0 amide bonds. The smallest absolute Gasteiger partial charge is 0.00645 e. The fourth-order valence-corrected chi connectivity index (χ4v) is 1.78. The van der Waals surface area contributed by atoms with Gasteiger partial charge in [0.25, 0.3) is 0 Å². The molecule has 0 nitrogen and oxygen atoms in total. The van der Waals surface area contributed by atoms with E-state index >= 15 is 0 Å². The summed E-state index contributed by atoms with van der Waals surface area (Å²) in [6.45, 7) is 4.47. The van der Waals surface area contributed by atoms with Crippen molar-refractivity contribution in [3.05, 3.63) is 23.8 Å². The lowest BCUT2D eigenvalue weighted by atomic mass is 9.90. The van der Waals surface area contributed by atoms with Crippen LogP contribution in [-0.4, -0.2) is 5.16 Å². The van der Waals surface area contributed by atoms with Crippen LogP contribution in [0.3, 0.4) is 0 Å². The molecule has 62 valence electrons. The van der Waals surface area contributed by atoms with Gasteiger partial charge in [-0.2, -0.15) is 0 Å². The van der Waals surface area contributed by atoms with Gasteiger partial charge < -0.3 is 0 Å². The molecular formula is C10H17P. The summed E-state index contributed by atoms with van der Waals surface area (Å²) in [6, 6.07) is 0. The summed E-state index contributed by atoms with van der Waals surface area (Å²) in [7, 11) is 2.97. The van der Waals surface area contributed by atoms with E-state index in [1.165, 1.54) is 19.3 Å². The van der Waals surface area contributed by atoms with Gasteiger partial charge in [-0.1, -0.05) is 37.6 Å². The van der Waals surface area contributed by atoms with E-state index in [2.05, 4.69) is 41.3 Å². The van der Waals surface area contributed by atoms with Gasteiger partial charge in [0.15, 0.2) is 0 Å². The van der Waals surface area contributed by atoms with Crippen LogP contribution >= 0.6 is 9.24 Å². The highest BCUT2D eigenvalue weighted by Gasteiger charge is 2.21.